The molecule has 21 heavy (non-hydrogen) atoms. The lowest BCUT2D eigenvalue weighted by molar-refractivity contribution is 0.787. The number of aromatic nitrogens is 2. The minimum atomic E-state index is 0.854. The minimum Gasteiger partial charge on any atom is -0.371 e. The van der Waals surface area contributed by atoms with E-state index < -0.39 is 0 Å². The van der Waals surface area contributed by atoms with E-state index >= 15 is 0 Å². The molecule has 1 aliphatic heterocycles. The Morgan fingerprint density at radius 1 is 1.14 bits per heavy atom. The molecule has 1 aromatic carbocycles. The molecule has 0 amide bonds. The molecule has 0 saturated carbocycles. The number of rotatable bonds is 3. The molecule has 2 aromatic rings. The predicted molar refractivity (Wildman–Crippen MR) is 90.4 cm³/mol. The fourth-order valence-corrected chi connectivity index (χ4v) is 3.08. The van der Waals surface area contributed by atoms with Gasteiger partial charge in [0.15, 0.2) is 0 Å². The standard InChI is InChI=1S/C16H19BrN4/c1-3-6-15-18-14(17)11-16(19-15)21-10-9-20(2)12-7-4-5-8-13(12)21/h4-5,7-8,11H,3,6,9-10H2,1-2H3. The molecule has 3 rings (SSSR count). The molecule has 0 N–H and O–H groups in total. The summed E-state index contributed by atoms with van der Waals surface area (Å²) >= 11 is 3.51. The van der Waals surface area contributed by atoms with E-state index in [1.54, 1.807) is 0 Å². The van der Waals surface area contributed by atoms with Gasteiger partial charge in [0, 0.05) is 32.6 Å². The first-order valence-corrected chi connectivity index (χ1v) is 8.09. The molecule has 0 atom stereocenters. The largest absolute Gasteiger partial charge is 0.371 e. The maximum Gasteiger partial charge on any atom is 0.137 e. The monoisotopic (exact) mass is 346 g/mol. The first kappa shape index (κ1) is 14.3. The first-order chi connectivity index (χ1) is 10.2. The van der Waals surface area contributed by atoms with Crippen LogP contribution in [0.3, 0.4) is 0 Å². The lowest BCUT2D eigenvalue weighted by Crippen LogP contribution is -2.36. The summed E-state index contributed by atoms with van der Waals surface area (Å²) in [7, 11) is 2.13. The Morgan fingerprint density at radius 2 is 1.90 bits per heavy atom. The number of aryl methyl sites for hydroxylation is 1. The van der Waals surface area contributed by atoms with Gasteiger partial charge in [0.05, 0.1) is 11.4 Å². The quantitative estimate of drug-likeness (QED) is 0.791. The van der Waals surface area contributed by atoms with Crippen LogP contribution in [0.25, 0.3) is 0 Å². The van der Waals surface area contributed by atoms with Crippen molar-refractivity contribution in [3.05, 3.63) is 40.8 Å². The molecule has 0 spiro atoms. The highest BCUT2D eigenvalue weighted by Crippen LogP contribution is 2.36. The van der Waals surface area contributed by atoms with Crippen molar-refractivity contribution in [1.29, 1.82) is 0 Å². The van der Waals surface area contributed by atoms with Crippen LogP contribution in [0.4, 0.5) is 17.2 Å². The molecule has 110 valence electrons. The van der Waals surface area contributed by atoms with Crippen LogP contribution < -0.4 is 9.80 Å². The molecule has 0 aliphatic carbocycles. The number of hydrogen-bond acceptors (Lipinski definition) is 4. The summed E-state index contributed by atoms with van der Waals surface area (Å²) in [5.74, 6) is 1.87. The summed E-state index contributed by atoms with van der Waals surface area (Å²) in [4.78, 5) is 13.8. The molecule has 0 saturated heterocycles. The van der Waals surface area contributed by atoms with E-state index in [1.807, 2.05) is 6.07 Å². The first-order valence-electron chi connectivity index (χ1n) is 7.30. The van der Waals surface area contributed by atoms with Gasteiger partial charge in [-0.05, 0) is 34.5 Å². The van der Waals surface area contributed by atoms with E-state index in [-0.39, 0.29) is 0 Å². The zero-order chi connectivity index (χ0) is 14.8. The molecular weight excluding hydrogens is 328 g/mol. The van der Waals surface area contributed by atoms with Crippen LogP contribution in [0.2, 0.25) is 0 Å². The normalized spacial score (nSPS) is 14.2. The maximum absolute atomic E-state index is 4.74. The number of likely N-dealkylation sites (N-methyl/N-ethyl adjacent to an activating group) is 1. The Hall–Kier alpha value is -1.62. The summed E-state index contributed by atoms with van der Waals surface area (Å²) in [6.45, 7) is 4.07. The molecule has 4 nitrogen and oxygen atoms in total. The molecular formula is C16H19BrN4. The van der Waals surface area contributed by atoms with Crippen molar-refractivity contribution in [2.24, 2.45) is 0 Å². The van der Waals surface area contributed by atoms with Crippen molar-refractivity contribution >= 4 is 33.1 Å². The van der Waals surface area contributed by atoms with Gasteiger partial charge < -0.3 is 9.80 Å². The Balaban J connectivity index is 2.03. The van der Waals surface area contributed by atoms with Gasteiger partial charge in [0.2, 0.25) is 0 Å². The number of halogens is 1. The maximum atomic E-state index is 4.74. The topological polar surface area (TPSA) is 32.3 Å². The van der Waals surface area contributed by atoms with Crippen LogP contribution in [0.1, 0.15) is 19.2 Å². The summed E-state index contributed by atoms with van der Waals surface area (Å²) in [5, 5.41) is 0. The number of benzene rings is 1. The van der Waals surface area contributed by atoms with Crippen molar-refractivity contribution in [2.45, 2.75) is 19.8 Å². The van der Waals surface area contributed by atoms with Crippen LogP contribution in [0, 0.1) is 0 Å². The van der Waals surface area contributed by atoms with E-state index in [2.05, 4.69) is 69.0 Å². The van der Waals surface area contributed by atoms with Crippen molar-refractivity contribution in [3.63, 3.8) is 0 Å². The van der Waals surface area contributed by atoms with Crippen LogP contribution in [-0.4, -0.2) is 30.1 Å². The van der Waals surface area contributed by atoms with Gasteiger partial charge in [0.1, 0.15) is 16.2 Å². The third kappa shape index (κ3) is 2.88. The van der Waals surface area contributed by atoms with E-state index in [0.29, 0.717) is 0 Å². The SMILES string of the molecule is CCCc1nc(Br)cc(N2CCN(C)c3ccccc32)n1. The zero-order valence-electron chi connectivity index (χ0n) is 12.4. The summed E-state index contributed by atoms with van der Waals surface area (Å²) in [5.41, 5.74) is 2.45. The third-order valence-corrected chi connectivity index (χ3v) is 4.13. The molecule has 0 bridgehead atoms. The molecule has 1 aliphatic rings. The van der Waals surface area contributed by atoms with E-state index in [0.717, 1.165) is 42.2 Å². The second-order valence-corrected chi connectivity index (χ2v) is 6.09. The number of para-hydroxylation sites is 2. The minimum absolute atomic E-state index is 0.854. The molecule has 1 aromatic heterocycles. The fourth-order valence-electron chi connectivity index (χ4n) is 2.67. The highest BCUT2D eigenvalue weighted by Gasteiger charge is 2.22. The smallest absolute Gasteiger partial charge is 0.137 e. The van der Waals surface area contributed by atoms with Gasteiger partial charge in [-0.2, -0.15) is 0 Å². The van der Waals surface area contributed by atoms with Gasteiger partial charge in [0.25, 0.3) is 0 Å². The second kappa shape index (κ2) is 6.02. The number of fused-ring (bicyclic) bond motifs is 1. The van der Waals surface area contributed by atoms with Gasteiger partial charge in [-0.15, -0.1) is 0 Å². The molecule has 0 fully saturated rings. The van der Waals surface area contributed by atoms with Crippen LogP contribution >= 0.6 is 15.9 Å². The molecule has 2 heterocycles. The Labute approximate surface area is 133 Å². The number of nitrogens with zero attached hydrogens (tertiary/aromatic N) is 4. The average Bonchev–Trinajstić information content (AvgIpc) is 2.47. The number of hydrogen-bond donors (Lipinski definition) is 0. The molecule has 5 heteroatoms. The molecule has 0 radical (unpaired) electrons. The van der Waals surface area contributed by atoms with Gasteiger partial charge in [-0.25, -0.2) is 9.97 Å². The summed E-state index contributed by atoms with van der Waals surface area (Å²) < 4.78 is 0.854. The van der Waals surface area contributed by atoms with Crippen molar-refractivity contribution < 1.29 is 0 Å². The zero-order valence-corrected chi connectivity index (χ0v) is 14.0. The van der Waals surface area contributed by atoms with Crippen LogP contribution in [-0.2, 0) is 6.42 Å². The van der Waals surface area contributed by atoms with E-state index in [1.165, 1.54) is 11.4 Å². The lowest BCUT2D eigenvalue weighted by Gasteiger charge is -2.36. The van der Waals surface area contributed by atoms with E-state index in [9.17, 15) is 0 Å². The predicted octanol–water partition coefficient (Wildman–Crippen LogP) is 3.78. The van der Waals surface area contributed by atoms with Gasteiger partial charge in [-0.3, -0.25) is 0 Å². The highest BCUT2D eigenvalue weighted by atomic mass is 79.9. The lowest BCUT2D eigenvalue weighted by atomic mass is 10.1. The Bertz CT molecular complexity index is 644. The summed E-state index contributed by atoms with van der Waals surface area (Å²) in [6, 6.07) is 10.5. The number of anilines is 3. The Kier molecular flexibility index (Phi) is 4.10. The van der Waals surface area contributed by atoms with Gasteiger partial charge in [-0.1, -0.05) is 19.1 Å². The van der Waals surface area contributed by atoms with E-state index in [4.69, 9.17) is 4.98 Å². The fraction of sp³-hybridized carbons (Fsp3) is 0.375. The third-order valence-electron chi connectivity index (χ3n) is 3.72. The molecule has 0 unspecified atom stereocenters. The van der Waals surface area contributed by atoms with Crippen LogP contribution in [0.15, 0.2) is 34.9 Å². The summed E-state index contributed by atoms with van der Waals surface area (Å²) in [6.07, 6.45) is 1.96. The van der Waals surface area contributed by atoms with Crippen molar-refractivity contribution in [2.75, 3.05) is 29.9 Å². The van der Waals surface area contributed by atoms with Crippen molar-refractivity contribution in [1.82, 2.24) is 9.97 Å². The van der Waals surface area contributed by atoms with Crippen molar-refractivity contribution in [3.8, 4) is 0 Å². The van der Waals surface area contributed by atoms with Crippen LogP contribution in [0.5, 0.6) is 0 Å². The van der Waals surface area contributed by atoms with Gasteiger partial charge >= 0.3 is 0 Å². The second-order valence-electron chi connectivity index (χ2n) is 5.28. The average molecular weight is 347 g/mol. The highest BCUT2D eigenvalue weighted by molar-refractivity contribution is 9.10. The Morgan fingerprint density at radius 3 is 2.67 bits per heavy atom.